The highest BCUT2D eigenvalue weighted by Gasteiger charge is 2.24. The van der Waals surface area contributed by atoms with E-state index in [9.17, 15) is 4.79 Å². The van der Waals surface area contributed by atoms with Gasteiger partial charge in [-0.15, -0.1) is 0 Å². The minimum absolute atomic E-state index is 0.0611. The molecule has 0 saturated carbocycles. The van der Waals surface area contributed by atoms with Gasteiger partial charge in [0.25, 0.3) is 5.91 Å². The van der Waals surface area contributed by atoms with Crippen molar-refractivity contribution in [3.05, 3.63) is 58.6 Å². The van der Waals surface area contributed by atoms with E-state index in [2.05, 4.69) is 15.9 Å². The normalized spacial score (nSPS) is 11.1. The molecule has 5 nitrogen and oxygen atoms in total. The van der Waals surface area contributed by atoms with E-state index in [0.29, 0.717) is 25.4 Å². The minimum atomic E-state index is -0.0611. The quantitative estimate of drug-likeness (QED) is 0.642. The number of amides is 1. The molecular formula is C18H19BrN2O3. The van der Waals surface area contributed by atoms with E-state index in [1.54, 1.807) is 18.3 Å². The fraction of sp³-hybridized carbons (Fsp3) is 0.278. The van der Waals surface area contributed by atoms with Crippen LogP contribution in [-0.2, 0) is 18.3 Å². The predicted molar refractivity (Wildman–Crippen MR) is 95.9 cm³/mol. The number of furan rings is 1. The van der Waals surface area contributed by atoms with E-state index in [1.807, 2.05) is 48.0 Å². The number of ether oxygens (including phenoxy) is 1. The van der Waals surface area contributed by atoms with Crippen molar-refractivity contribution in [3.8, 4) is 0 Å². The first-order chi connectivity index (χ1) is 11.6. The number of para-hydroxylation sites is 1. The van der Waals surface area contributed by atoms with Gasteiger partial charge in [-0.05, 0) is 34.1 Å². The molecule has 2 heterocycles. The van der Waals surface area contributed by atoms with Gasteiger partial charge in [-0.25, -0.2) is 0 Å². The summed E-state index contributed by atoms with van der Waals surface area (Å²) in [6, 6.07) is 11.6. The number of hydrogen-bond acceptors (Lipinski definition) is 3. The molecule has 0 N–H and O–H groups in total. The van der Waals surface area contributed by atoms with Crippen LogP contribution < -0.4 is 0 Å². The first kappa shape index (κ1) is 16.8. The zero-order chi connectivity index (χ0) is 17.1. The van der Waals surface area contributed by atoms with E-state index in [4.69, 9.17) is 9.15 Å². The first-order valence-corrected chi connectivity index (χ1v) is 8.46. The second-order valence-electron chi connectivity index (χ2n) is 5.54. The second-order valence-corrected chi connectivity index (χ2v) is 6.33. The van der Waals surface area contributed by atoms with Gasteiger partial charge in [-0.2, -0.15) is 0 Å². The molecule has 0 radical (unpaired) electrons. The number of carbonyl (C=O) groups excluding carboxylic acids is 1. The average Bonchev–Trinajstić information content (AvgIpc) is 3.19. The van der Waals surface area contributed by atoms with Crippen LogP contribution in [0.1, 0.15) is 16.2 Å². The molecule has 0 saturated heterocycles. The van der Waals surface area contributed by atoms with Crippen LogP contribution in [0.3, 0.4) is 0 Å². The van der Waals surface area contributed by atoms with Gasteiger partial charge < -0.3 is 18.6 Å². The van der Waals surface area contributed by atoms with Crippen molar-refractivity contribution in [2.75, 3.05) is 20.3 Å². The standard InChI is InChI=1S/C18H19BrN2O3/c1-20-15-8-4-3-7-14(15)16(19)17(20)18(22)21(9-11-23-2)12-13-6-5-10-24-13/h3-8,10H,9,11-12H2,1-2H3. The maximum absolute atomic E-state index is 13.2. The molecule has 1 aromatic carbocycles. The van der Waals surface area contributed by atoms with Gasteiger partial charge in [0.15, 0.2) is 0 Å². The zero-order valence-electron chi connectivity index (χ0n) is 13.7. The number of benzene rings is 1. The molecule has 6 heteroatoms. The molecule has 0 unspecified atom stereocenters. The van der Waals surface area contributed by atoms with Crippen molar-refractivity contribution in [3.63, 3.8) is 0 Å². The van der Waals surface area contributed by atoms with E-state index in [1.165, 1.54) is 0 Å². The predicted octanol–water partition coefficient (Wildman–Crippen LogP) is 3.82. The number of rotatable bonds is 6. The van der Waals surface area contributed by atoms with Gasteiger partial charge in [-0.1, -0.05) is 18.2 Å². The van der Waals surface area contributed by atoms with Crippen LogP contribution in [-0.4, -0.2) is 35.6 Å². The van der Waals surface area contributed by atoms with Crippen LogP contribution in [0, 0.1) is 0 Å². The Hall–Kier alpha value is -2.05. The maximum Gasteiger partial charge on any atom is 0.272 e. The molecule has 126 valence electrons. The van der Waals surface area contributed by atoms with Crippen LogP contribution >= 0.6 is 15.9 Å². The van der Waals surface area contributed by atoms with Crippen molar-refractivity contribution >= 4 is 32.7 Å². The van der Waals surface area contributed by atoms with E-state index < -0.39 is 0 Å². The zero-order valence-corrected chi connectivity index (χ0v) is 15.2. The third-order valence-corrected chi connectivity index (χ3v) is 4.83. The van der Waals surface area contributed by atoms with Crippen molar-refractivity contribution in [2.24, 2.45) is 7.05 Å². The molecule has 3 aromatic rings. The minimum Gasteiger partial charge on any atom is -0.467 e. The molecule has 3 rings (SSSR count). The van der Waals surface area contributed by atoms with E-state index in [-0.39, 0.29) is 5.91 Å². The Balaban J connectivity index is 1.97. The second kappa shape index (κ2) is 7.23. The van der Waals surface area contributed by atoms with Crippen molar-refractivity contribution in [2.45, 2.75) is 6.54 Å². The van der Waals surface area contributed by atoms with Crippen molar-refractivity contribution < 1.29 is 13.9 Å². The number of methoxy groups -OCH3 is 1. The number of fused-ring (bicyclic) bond motifs is 1. The lowest BCUT2D eigenvalue weighted by Crippen LogP contribution is -2.34. The number of hydrogen-bond donors (Lipinski definition) is 0. The van der Waals surface area contributed by atoms with Gasteiger partial charge in [0.2, 0.25) is 0 Å². The van der Waals surface area contributed by atoms with Crippen LogP contribution in [0.5, 0.6) is 0 Å². The lowest BCUT2D eigenvalue weighted by molar-refractivity contribution is 0.0656. The largest absolute Gasteiger partial charge is 0.467 e. The van der Waals surface area contributed by atoms with Gasteiger partial charge in [0, 0.05) is 31.6 Å². The summed E-state index contributed by atoms with van der Waals surface area (Å²) in [4.78, 5) is 14.9. The molecule has 0 atom stereocenters. The highest BCUT2D eigenvalue weighted by molar-refractivity contribution is 9.10. The van der Waals surface area contributed by atoms with E-state index in [0.717, 1.165) is 21.1 Å². The van der Waals surface area contributed by atoms with Crippen molar-refractivity contribution in [1.82, 2.24) is 9.47 Å². The monoisotopic (exact) mass is 390 g/mol. The Kier molecular flexibility index (Phi) is 5.06. The summed E-state index contributed by atoms with van der Waals surface area (Å²) in [6.45, 7) is 1.36. The third-order valence-electron chi connectivity index (χ3n) is 4.03. The van der Waals surface area contributed by atoms with Gasteiger partial charge in [-0.3, -0.25) is 4.79 Å². The summed E-state index contributed by atoms with van der Waals surface area (Å²) in [6.07, 6.45) is 1.61. The van der Waals surface area contributed by atoms with Gasteiger partial charge in [0.1, 0.15) is 11.5 Å². The molecule has 0 aliphatic rings. The summed E-state index contributed by atoms with van der Waals surface area (Å²) >= 11 is 3.59. The fourth-order valence-corrected chi connectivity index (χ4v) is 3.55. The summed E-state index contributed by atoms with van der Waals surface area (Å²) in [5.74, 6) is 0.684. The number of nitrogens with zero attached hydrogens (tertiary/aromatic N) is 2. The van der Waals surface area contributed by atoms with Crippen LogP contribution in [0.4, 0.5) is 0 Å². The molecule has 1 amide bonds. The Labute approximate surface area is 148 Å². The third kappa shape index (κ3) is 3.12. The van der Waals surface area contributed by atoms with Gasteiger partial charge >= 0.3 is 0 Å². The fourth-order valence-electron chi connectivity index (χ4n) is 2.78. The summed E-state index contributed by atoms with van der Waals surface area (Å²) in [5.41, 5.74) is 1.64. The molecule has 2 aromatic heterocycles. The topological polar surface area (TPSA) is 47.6 Å². The SMILES string of the molecule is COCCN(Cc1ccco1)C(=O)c1c(Br)c2ccccc2n1C. The summed E-state index contributed by atoms with van der Waals surface area (Å²) in [5, 5.41) is 1.02. The van der Waals surface area contributed by atoms with Gasteiger partial charge in [0.05, 0.1) is 23.9 Å². The van der Waals surface area contributed by atoms with Crippen LogP contribution in [0.2, 0.25) is 0 Å². The molecule has 0 spiro atoms. The van der Waals surface area contributed by atoms with E-state index >= 15 is 0 Å². The Morgan fingerprint density at radius 2 is 2.08 bits per heavy atom. The molecule has 0 aliphatic carbocycles. The number of carbonyl (C=O) groups is 1. The Bertz CT molecular complexity index is 800. The maximum atomic E-state index is 13.2. The molecule has 0 aliphatic heterocycles. The highest BCUT2D eigenvalue weighted by atomic mass is 79.9. The first-order valence-electron chi connectivity index (χ1n) is 7.67. The summed E-state index contributed by atoms with van der Waals surface area (Å²) in [7, 11) is 3.53. The molecular weight excluding hydrogens is 372 g/mol. The van der Waals surface area contributed by atoms with Crippen LogP contribution in [0.25, 0.3) is 10.9 Å². The van der Waals surface area contributed by atoms with Crippen LogP contribution in [0.15, 0.2) is 51.6 Å². The molecule has 0 bridgehead atoms. The lowest BCUT2D eigenvalue weighted by Gasteiger charge is -2.22. The molecule has 24 heavy (non-hydrogen) atoms. The lowest BCUT2D eigenvalue weighted by atomic mass is 10.2. The highest BCUT2D eigenvalue weighted by Crippen LogP contribution is 2.31. The van der Waals surface area contributed by atoms with Crippen molar-refractivity contribution in [1.29, 1.82) is 0 Å². The smallest absolute Gasteiger partial charge is 0.272 e. The summed E-state index contributed by atoms with van der Waals surface area (Å²) < 4.78 is 13.3. The number of halogens is 1. The Morgan fingerprint density at radius 3 is 2.75 bits per heavy atom. The Morgan fingerprint density at radius 1 is 1.29 bits per heavy atom. The average molecular weight is 391 g/mol. The number of aromatic nitrogens is 1. The molecule has 0 fully saturated rings. The number of aryl methyl sites for hydroxylation is 1.